The van der Waals surface area contributed by atoms with Crippen LogP contribution in [0.5, 0.6) is 0 Å². The van der Waals surface area contributed by atoms with Gasteiger partial charge in [0.1, 0.15) is 0 Å². The second-order valence-corrected chi connectivity index (χ2v) is 8.29. The number of sulfonamides is 1. The van der Waals surface area contributed by atoms with Gasteiger partial charge in [0.15, 0.2) is 0 Å². The molecular formula is C16H22N2O2S2. The van der Waals surface area contributed by atoms with E-state index in [1.165, 1.54) is 0 Å². The molecule has 2 aromatic rings. The average Bonchev–Trinajstić information content (AvgIpc) is 2.96. The Morgan fingerprint density at radius 2 is 1.91 bits per heavy atom. The van der Waals surface area contributed by atoms with Crippen LogP contribution in [0, 0.1) is 5.92 Å². The van der Waals surface area contributed by atoms with Crippen LogP contribution in [0.15, 0.2) is 34.5 Å². The lowest BCUT2D eigenvalue weighted by molar-refractivity contribution is 0.551. The lowest BCUT2D eigenvalue weighted by Crippen LogP contribution is -2.25. The van der Waals surface area contributed by atoms with Gasteiger partial charge in [-0.3, -0.25) is 0 Å². The van der Waals surface area contributed by atoms with Crippen molar-refractivity contribution in [3.63, 3.8) is 0 Å². The van der Waals surface area contributed by atoms with Crippen LogP contribution in [0.25, 0.3) is 11.3 Å². The molecule has 0 amide bonds. The fourth-order valence-electron chi connectivity index (χ4n) is 1.98. The minimum absolute atomic E-state index is 0.297. The Morgan fingerprint density at radius 3 is 2.45 bits per heavy atom. The maximum Gasteiger partial charge on any atom is 0.240 e. The molecule has 0 saturated heterocycles. The van der Waals surface area contributed by atoms with E-state index < -0.39 is 10.0 Å². The molecule has 22 heavy (non-hydrogen) atoms. The fourth-order valence-corrected chi connectivity index (χ4v) is 3.78. The van der Waals surface area contributed by atoms with E-state index in [0.717, 1.165) is 29.1 Å². The highest BCUT2D eigenvalue weighted by atomic mass is 32.2. The summed E-state index contributed by atoms with van der Waals surface area (Å²) < 4.78 is 27.0. The first-order valence-corrected chi connectivity index (χ1v) is 9.83. The minimum Gasteiger partial charge on any atom is -0.241 e. The Morgan fingerprint density at radius 1 is 1.23 bits per heavy atom. The Balaban J connectivity index is 2.10. The van der Waals surface area contributed by atoms with Crippen molar-refractivity contribution in [2.24, 2.45) is 5.92 Å². The molecule has 0 bridgehead atoms. The molecule has 0 aliphatic heterocycles. The molecule has 0 saturated carbocycles. The summed E-state index contributed by atoms with van der Waals surface area (Å²) in [6, 6.07) is 6.90. The van der Waals surface area contributed by atoms with Gasteiger partial charge in [-0.25, -0.2) is 18.1 Å². The molecule has 0 radical (unpaired) electrons. The van der Waals surface area contributed by atoms with E-state index in [1.807, 2.05) is 17.5 Å². The molecule has 1 heterocycles. The quantitative estimate of drug-likeness (QED) is 0.837. The zero-order valence-electron chi connectivity index (χ0n) is 13.2. The van der Waals surface area contributed by atoms with Gasteiger partial charge in [0.05, 0.1) is 15.6 Å². The highest BCUT2D eigenvalue weighted by molar-refractivity contribution is 7.89. The first-order chi connectivity index (χ1) is 10.4. The van der Waals surface area contributed by atoms with Crippen LogP contribution in [0.1, 0.15) is 32.2 Å². The average molecular weight is 338 g/mol. The molecule has 1 aromatic heterocycles. The Kier molecular flexibility index (Phi) is 5.72. The van der Waals surface area contributed by atoms with E-state index in [2.05, 4.69) is 30.5 Å². The first kappa shape index (κ1) is 17.1. The molecule has 1 N–H and O–H groups in total. The lowest BCUT2D eigenvalue weighted by atomic mass is 10.1. The van der Waals surface area contributed by atoms with Gasteiger partial charge in [-0.1, -0.05) is 32.9 Å². The van der Waals surface area contributed by atoms with Gasteiger partial charge in [-0.2, -0.15) is 0 Å². The summed E-state index contributed by atoms with van der Waals surface area (Å²) in [5, 5.41) is 3.09. The molecule has 0 aliphatic rings. The van der Waals surface area contributed by atoms with Gasteiger partial charge in [0.2, 0.25) is 10.0 Å². The van der Waals surface area contributed by atoms with Crippen molar-refractivity contribution in [3.8, 4) is 11.3 Å². The van der Waals surface area contributed by atoms with Crippen molar-refractivity contribution in [1.82, 2.24) is 9.71 Å². The minimum atomic E-state index is -3.42. The van der Waals surface area contributed by atoms with E-state index in [9.17, 15) is 8.42 Å². The lowest BCUT2D eigenvalue weighted by Gasteiger charge is -2.08. The van der Waals surface area contributed by atoms with Crippen LogP contribution in [0.4, 0.5) is 0 Å². The predicted molar refractivity (Wildman–Crippen MR) is 91.6 cm³/mol. The highest BCUT2D eigenvalue weighted by Gasteiger charge is 2.14. The van der Waals surface area contributed by atoms with Gasteiger partial charge < -0.3 is 0 Å². The molecule has 0 spiro atoms. The molecule has 120 valence electrons. The number of thiazole rings is 1. The molecule has 0 fully saturated rings. The molecule has 1 aromatic carbocycles. The zero-order valence-corrected chi connectivity index (χ0v) is 14.8. The summed E-state index contributed by atoms with van der Waals surface area (Å²) in [6.07, 6.45) is 1.74. The molecular weight excluding hydrogens is 316 g/mol. The summed E-state index contributed by atoms with van der Waals surface area (Å²) in [6.45, 7) is 6.68. The third kappa shape index (κ3) is 4.38. The van der Waals surface area contributed by atoms with Gasteiger partial charge in [0.25, 0.3) is 0 Å². The van der Waals surface area contributed by atoms with Gasteiger partial charge in [-0.05, 0) is 30.9 Å². The number of nitrogens with one attached hydrogen (secondary N) is 1. The van der Waals surface area contributed by atoms with Crippen LogP contribution in [0.3, 0.4) is 0 Å². The summed E-state index contributed by atoms with van der Waals surface area (Å²) in [5.41, 5.74) is 1.84. The van der Waals surface area contributed by atoms with Gasteiger partial charge in [0, 0.05) is 17.5 Å². The summed E-state index contributed by atoms with van der Waals surface area (Å²) in [7, 11) is -3.42. The van der Waals surface area contributed by atoms with Gasteiger partial charge >= 0.3 is 0 Å². The Labute approximate surface area is 136 Å². The molecule has 2 rings (SSSR count). The van der Waals surface area contributed by atoms with E-state index in [4.69, 9.17) is 0 Å². The summed E-state index contributed by atoms with van der Waals surface area (Å²) in [4.78, 5) is 4.81. The van der Waals surface area contributed by atoms with Crippen LogP contribution >= 0.6 is 11.3 Å². The van der Waals surface area contributed by atoms with E-state index >= 15 is 0 Å². The predicted octanol–water partition coefficient (Wildman–Crippen LogP) is 3.70. The van der Waals surface area contributed by atoms with Crippen molar-refractivity contribution >= 4 is 21.4 Å². The maximum absolute atomic E-state index is 12.2. The largest absolute Gasteiger partial charge is 0.241 e. The Hall–Kier alpha value is -1.24. The first-order valence-electron chi connectivity index (χ1n) is 7.47. The summed E-state index contributed by atoms with van der Waals surface area (Å²) in [5.74, 6) is 0.475. The fraction of sp³-hybridized carbons (Fsp3) is 0.438. The standard InChI is InChI=1S/C16H22N2O2S2/c1-4-16-18-15(11-21-16)13-5-7-14(8-6-13)22(19,20)17-10-9-12(2)3/h5-8,11-12,17H,4,9-10H2,1-3H3. The maximum atomic E-state index is 12.2. The number of benzene rings is 1. The molecule has 4 nitrogen and oxygen atoms in total. The topological polar surface area (TPSA) is 59.1 Å². The third-order valence-electron chi connectivity index (χ3n) is 3.33. The number of aryl methyl sites for hydroxylation is 1. The number of hydrogen-bond acceptors (Lipinski definition) is 4. The van der Waals surface area contributed by atoms with Crippen molar-refractivity contribution in [2.45, 2.75) is 38.5 Å². The zero-order chi connectivity index (χ0) is 16.2. The number of nitrogens with zero attached hydrogens (tertiary/aromatic N) is 1. The summed E-state index contributed by atoms with van der Waals surface area (Å²) >= 11 is 1.63. The number of hydrogen-bond donors (Lipinski definition) is 1. The van der Waals surface area contributed by atoms with Crippen molar-refractivity contribution in [2.75, 3.05) is 6.54 Å². The third-order valence-corrected chi connectivity index (χ3v) is 5.80. The number of rotatable bonds is 7. The normalized spacial score (nSPS) is 12.0. The van der Waals surface area contributed by atoms with Gasteiger partial charge in [-0.15, -0.1) is 11.3 Å². The van der Waals surface area contributed by atoms with Crippen molar-refractivity contribution < 1.29 is 8.42 Å². The van der Waals surface area contributed by atoms with Crippen LogP contribution in [-0.4, -0.2) is 19.9 Å². The molecule has 0 aliphatic carbocycles. The molecule has 0 atom stereocenters. The second kappa shape index (κ2) is 7.35. The number of aromatic nitrogens is 1. The van der Waals surface area contributed by atoms with E-state index in [0.29, 0.717) is 17.4 Å². The monoisotopic (exact) mass is 338 g/mol. The smallest absolute Gasteiger partial charge is 0.240 e. The molecule has 0 unspecified atom stereocenters. The SMILES string of the molecule is CCc1nc(-c2ccc(S(=O)(=O)NCCC(C)C)cc2)cs1. The van der Waals surface area contributed by atoms with E-state index in [-0.39, 0.29) is 0 Å². The van der Waals surface area contributed by atoms with Crippen LogP contribution in [0.2, 0.25) is 0 Å². The van der Waals surface area contributed by atoms with Crippen LogP contribution < -0.4 is 4.72 Å². The van der Waals surface area contributed by atoms with Crippen molar-refractivity contribution in [3.05, 3.63) is 34.7 Å². The molecule has 6 heteroatoms. The van der Waals surface area contributed by atoms with Crippen LogP contribution in [-0.2, 0) is 16.4 Å². The van der Waals surface area contributed by atoms with Crippen molar-refractivity contribution in [1.29, 1.82) is 0 Å². The highest BCUT2D eigenvalue weighted by Crippen LogP contribution is 2.23. The second-order valence-electron chi connectivity index (χ2n) is 5.58. The Bertz CT molecular complexity index is 704. The van der Waals surface area contributed by atoms with E-state index in [1.54, 1.807) is 23.5 Å².